The molecule has 0 aromatic heterocycles. The van der Waals surface area contributed by atoms with Crippen molar-refractivity contribution in [1.82, 2.24) is 0 Å². The molecule has 1 fully saturated rings. The molecule has 3 atom stereocenters. The Morgan fingerprint density at radius 3 is 2.46 bits per heavy atom. The van der Waals surface area contributed by atoms with Gasteiger partial charge in [0.15, 0.2) is 11.5 Å². The van der Waals surface area contributed by atoms with Crippen LogP contribution in [0.3, 0.4) is 0 Å². The first-order chi connectivity index (χ1) is 11.8. The summed E-state index contributed by atoms with van der Waals surface area (Å²) in [7, 11) is 3.27. The molecule has 2 aromatic carbocycles. The average molecular weight is 328 g/mol. The van der Waals surface area contributed by atoms with E-state index in [4.69, 9.17) is 14.2 Å². The quantitative estimate of drug-likeness (QED) is 0.884. The second-order valence-corrected chi connectivity index (χ2v) is 6.16. The van der Waals surface area contributed by atoms with Gasteiger partial charge in [-0.05, 0) is 35.6 Å². The number of hydrogen-bond donors (Lipinski definition) is 1. The maximum absolute atomic E-state index is 9.90. The van der Waals surface area contributed by atoms with Crippen molar-refractivity contribution in [2.75, 3.05) is 27.4 Å². The van der Waals surface area contributed by atoms with Gasteiger partial charge >= 0.3 is 0 Å². The van der Waals surface area contributed by atoms with E-state index >= 15 is 0 Å². The fourth-order valence-electron chi connectivity index (χ4n) is 3.47. The minimum Gasteiger partial charge on any atom is -0.493 e. The molecule has 2 aromatic rings. The molecule has 0 spiro atoms. The van der Waals surface area contributed by atoms with Crippen molar-refractivity contribution in [1.29, 1.82) is 0 Å². The summed E-state index contributed by atoms with van der Waals surface area (Å²) in [5, 5.41) is 9.90. The zero-order valence-corrected chi connectivity index (χ0v) is 14.1. The average Bonchev–Trinajstić information content (AvgIpc) is 3.04. The molecule has 1 unspecified atom stereocenters. The topological polar surface area (TPSA) is 47.9 Å². The van der Waals surface area contributed by atoms with Gasteiger partial charge in [-0.2, -0.15) is 0 Å². The van der Waals surface area contributed by atoms with Crippen molar-refractivity contribution in [2.24, 2.45) is 11.8 Å². The van der Waals surface area contributed by atoms with Crippen LogP contribution >= 0.6 is 0 Å². The van der Waals surface area contributed by atoms with Crippen molar-refractivity contribution in [2.45, 2.75) is 12.5 Å². The van der Waals surface area contributed by atoms with Gasteiger partial charge in [-0.3, -0.25) is 0 Å². The van der Waals surface area contributed by atoms with Gasteiger partial charge in [0.25, 0.3) is 0 Å². The highest BCUT2D eigenvalue weighted by Gasteiger charge is 2.37. The molecule has 4 nitrogen and oxygen atoms in total. The van der Waals surface area contributed by atoms with E-state index in [0.717, 1.165) is 29.0 Å². The monoisotopic (exact) mass is 328 g/mol. The number of ether oxygens (including phenoxy) is 3. The highest BCUT2D eigenvalue weighted by molar-refractivity contribution is 5.43. The molecular formula is C20H24O4. The second kappa shape index (κ2) is 7.69. The van der Waals surface area contributed by atoms with Gasteiger partial charge in [-0.15, -0.1) is 0 Å². The molecule has 0 aliphatic carbocycles. The molecule has 1 heterocycles. The van der Waals surface area contributed by atoms with Crippen molar-refractivity contribution >= 4 is 0 Å². The highest BCUT2D eigenvalue weighted by atomic mass is 16.5. The van der Waals surface area contributed by atoms with E-state index in [0.29, 0.717) is 6.61 Å². The first-order valence-corrected chi connectivity index (χ1v) is 8.25. The molecule has 1 saturated heterocycles. The van der Waals surface area contributed by atoms with Crippen LogP contribution in [0.4, 0.5) is 0 Å². The van der Waals surface area contributed by atoms with Crippen LogP contribution in [-0.4, -0.2) is 32.5 Å². The van der Waals surface area contributed by atoms with Crippen LogP contribution in [0.5, 0.6) is 11.5 Å². The van der Waals surface area contributed by atoms with Crippen molar-refractivity contribution < 1.29 is 19.3 Å². The Bertz CT molecular complexity index is 656. The largest absolute Gasteiger partial charge is 0.493 e. The Morgan fingerprint density at radius 1 is 1.04 bits per heavy atom. The number of benzene rings is 2. The molecule has 24 heavy (non-hydrogen) atoms. The van der Waals surface area contributed by atoms with Crippen LogP contribution in [-0.2, 0) is 11.2 Å². The summed E-state index contributed by atoms with van der Waals surface area (Å²) >= 11 is 0. The maximum atomic E-state index is 9.90. The minimum atomic E-state index is -0.0404. The van der Waals surface area contributed by atoms with Gasteiger partial charge < -0.3 is 19.3 Å². The Morgan fingerprint density at radius 2 is 1.79 bits per heavy atom. The number of aliphatic hydroxyl groups excluding tert-OH is 1. The molecule has 0 amide bonds. The van der Waals surface area contributed by atoms with E-state index < -0.39 is 0 Å². The summed E-state index contributed by atoms with van der Waals surface area (Å²) in [4.78, 5) is 0. The number of aliphatic hydroxyl groups is 1. The number of rotatable bonds is 6. The summed E-state index contributed by atoms with van der Waals surface area (Å²) in [5.74, 6) is 1.83. The SMILES string of the molecule is COc1ccc(C[C@H]2COC(c3ccccc3)[C@H]2CO)cc1OC. The summed E-state index contributed by atoms with van der Waals surface area (Å²) in [6.07, 6.45) is 0.802. The third kappa shape index (κ3) is 3.40. The van der Waals surface area contributed by atoms with Gasteiger partial charge in [-0.25, -0.2) is 0 Å². The van der Waals surface area contributed by atoms with Crippen LogP contribution < -0.4 is 9.47 Å². The van der Waals surface area contributed by atoms with E-state index in [1.165, 1.54) is 0 Å². The summed E-state index contributed by atoms with van der Waals surface area (Å²) in [6.45, 7) is 0.774. The standard InChI is InChI=1S/C20H24O4/c1-22-18-9-8-14(11-19(18)23-2)10-16-13-24-20(17(16)12-21)15-6-4-3-5-7-15/h3-9,11,16-17,20-21H,10,12-13H2,1-2H3/t16-,17-,20?/m0/s1. The molecule has 1 N–H and O–H groups in total. The highest BCUT2D eigenvalue weighted by Crippen LogP contribution is 2.40. The normalized spacial score (nSPS) is 23.2. The van der Waals surface area contributed by atoms with Gasteiger partial charge in [-0.1, -0.05) is 36.4 Å². The third-order valence-electron chi connectivity index (χ3n) is 4.77. The van der Waals surface area contributed by atoms with E-state index in [1.54, 1.807) is 14.2 Å². The lowest BCUT2D eigenvalue weighted by molar-refractivity contribution is 0.0719. The van der Waals surface area contributed by atoms with Gasteiger partial charge in [0.05, 0.1) is 26.9 Å². The molecule has 1 aliphatic rings. The summed E-state index contributed by atoms with van der Waals surface area (Å²) in [6, 6.07) is 16.1. The first kappa shape index (κ1) is 16.8. The Kier molecular flexibility index (Phi) is 5.38. The van der Waals surface area contributed by atoms with Crippen LogP contribution in [0, 0.1) is 11.8 Å². The van der Waals surface area contributed by atoms with E-state index in [-0.39, 0.29) is 24.5 Å². The molecule has 0 bridgehead atoms. The third-order valence-corrected chi connectivity index (χ3v) is 4.77. The van der Waals surface area contributed by atoms with E-state index in [2.05, 4.69) is 12.1 Å². The lowest BCUT2D eigenvalue weighted by Gasteiger charge is -2.21. The predicted molar refractivity (Wildman–Crippen MR) is 92.5 cm³/mol. The molecule has 0 radical (unpaired) electrons. The van der Waals surface area contributed by atoms with Crippen LogP contribution in [0.2, 0.25) is 0 Å². The lowest BCUT2D eigenvalue weighted by Crippen LogP contribution is -2.21. The zero-order valence-electron chi connectivity index (χ0n) is 14.1. The van der Waals surface area contributed by atoms with Gasteiger partial charge in [0.2, 0.25) is 0 Å². The lowest BCUT2D eigenvalue weighted by atomic mass is 9.84. The van der Waals surface area contributed by atoms with Crippen molar-refractivity contribution in [3.8, 4) is 11.5 Å². The van der Waals surface area contributed by atoms with Crippen LogP contribution in [0.15, 0.2) is 48.5 Å². The molecular weight excluding hydrogens is 304 g/mol. The molecule has 4 heteroatoms. The summed E-state index contributed by atoms with van der Waals surface area (Å²) in [5.41, 5.74) is 2.29. The van der Waals surface area contributed by atoms with Crippen molar-refractivity contribution in [3.63, 3.8) is 0 Å². The van der Waals surface area contributed by atoms with Gasteiger partial charge in [0, 0.05) is 12.5 Å². The zero-order chi connectivity index (χ0) is 16.9. The number of methoxy groups -OCH3 is 2. The minimum absolute atomic E-state index is 0.0404. The van der Waals surface area contributed by atoms with Crippen LogP contribution in [0.1, 0.15) is 17.2 Å². The van der Waals surface area contributed by atoms with Crippen molar-refractivity contribution in [3.05, 3.63) is 59.7 Å². The van der Waals surface area contributed by atoms with Crippen LogP contribution in [0.25, 0.3) is 0 Å². The fraction of sp³-hybridized carbons (Fsp3) is 0.400. The second-order valence-electron chi connectivity index (χ2n) is 6.16. The maximum Gasteiger partial charge on any atom is 0.160 e. The Labute approximate surface area is 143 Å². The smallest absolute Gasteiger partial charge is 0.160 e. The predicted octanol–water partition coefficient (Wildman–Crippen LogP) is 3.24. The first-order valence-electron chi connectivity index (χ1n) is 8.25. The van der Waals surface area contributed by atoms with Gasteiger partial charge in [0.1, 0.15) is 0 Å². The molecule has 0 saturated carbocycles. The number of hydrogen-bond acceptors (Lipinski definition) is 4. The fourth-order valence-corrected chi connectivity index (χ4v) is 3.47. The van der Waals surface area contributed by atoms with E-state index in [1.807, 2.05) is 36.4 Å². The molecule has 128 valence electrons. The Balaban J connectivity index is 1.76. The summed E-state index contributed by atoms with van der Waals surface area (Å²) < 4.78 is 16.7. The van der Waals surface area contributed by atoms with E-state index in [9.17, 15) is 5.11 Å². The Hall–Kier alpha value is -2.04. The molecule has 1 aliphatic heterocycles. The molecule has 3 rings (SSSR count).